The molecule has 0 radical (unpaired) electrons. The molecule has 1 amide bonds. The summed E-state index contributed by atoms with van der Waals surface area (Å²) < 4.78 is 0. The Balaban J connectivity index is 1.47. The van der Waals surface area contributed by atoms with Gasteiger partial charge in [0.05, 0.1) is 10.4 Å². The smallest absolute Gasteiger partial charge is 0.261 e. The van der Waals surface area contributed by atoms with Gasteiger partial charge in [0.15, 0.2) is 0 Å². The average molecular weight is 375 g/mol. The van der Waals surface area contributed by atoms with Crippen LogP contribution < -0.4 is 5.32 Å². The first-order chi connectivity index (χ1) is 13.1. The molecule has 0 aliphatic rings. The Kier molecular flexibility index (Phi) is 4.90. The van der Waals surface area contributed by atoms with Crippen LogP contribution in [0.4, 0.5) is 0 Å². The average Bonchev–Trinajstić information content (AvgIpc) is 3.08. The molecule has 0 saturated heterocycles. The molecule has 0 bridgehead atoms. The lowest BCUT2D eigenvalue weighted by atomic mass is 10.1. The molecular weight excluding hydrogens is 352 g/mol. The minimum absolute atomic E-state index is 0.0150. The van der Waals surface area contributed by atoms with Gasteiger partial charge in [-0.05, 0) is 56.0 Å². The van der Waals surface area contributed by atoms with Gasteiger partial charge in [0, 0.05) is 16.8 Å². The Hall–Kier alpha value is -2.72. The van der Waals surface area contributed by atoms with Crippen LogP contribution in [0.2, 0.25) is 0 Å². The highest BCUT2D eigenvalue weighted by Crippen LogP contribution is 2.28. The third kappa shape index (κ3) is 4.01. The van der Waals surface area contributed by atoms with Gasteiger partial charge in [-0.2, -0.15) is 0 Å². The van der Waals surface area contributed by atoms with E-state index in [0.29, 0.717) is 0 Å². The highest BCUT2D eigenvalue weighted by molar-refractivity contribution is 7.20. The van der Waals surface area contributed by atoms with Gasteiger partial charge in [-0.3, -0.25) is 4.79 Å². The molecule has 136 valence electrons. The number of aryl methyl sites for hydroxylation is 2. The Morgan fingerprint density at radius 1 is 1.07 bits per heavy atom. The van der Waals surface area contributed by atoms with Gasteiger partial charge in [0.2, 0.25) is 0 Å². The highest BCUT2D eigenvalue weighted by atomic mass is 32.1. The van der Waals surface area contributed by atoms with Crippen LogP contribution in [0.15, 0.2) is 60.7 Å². The van der Waals surface area contributed by atoms with Crippen molar-refractivity contribution < 1.29 is 4.79 Å². The second-order valence-electron chi connectivity index (χ2n) is 7.09. The summed E-state index contributed by atoms with van der Waals surface area (Å²) in [6.45, 7) is 4.12. The highest BCUT2D eigenvalue weighted by Gasteiger charge is 2.14. The molecule has 2 aromatic heterocycles. The standard InChI is InChI=1S/C23H22N2OS/c1-15-8-11-18-13-19-14-21(27-23(19)25-20(18)12-15)22(26)24-16(2)9-10-17-6-4-3-5-7-17/h3-8,11-14,16H,9-10H2,1-2H3,(H,24,26). The lowest BCUT2D eigenvalue weighted by Gasteiger charge is -2.13. The van der Waals surface area contributed by atoms with E-state index in [4.69, 9.17) is 4.98 Å². The van der Waals surface area contributed by atoms with Gasteiger partial charge >= 0.3 is 0 Å². The Morgan fingerprint density at radius 3 is 2.70 bits per heavy atom. The van der Waals surface area contributed by atoms with Crippen molar-refractivity contribution in [3.05, 3.63) is 76.7 Å². The van der Waals surface area contributed by atoms with E-state index in [2.05, 4.69) is 55.6 Å². The van der Waals surface area contributed by atoms with E-state index < -0.39 is 0 Å². The van der Waals surface area contributed by atoms with Crippen molar-refractivity contribution in [3.8, 4) is 0 Å². The van der Waals surface area contributed by atoms with E-state index in [1.54, 1.807) is 0 Å². The van der Waals surface area contributed by atoms with Crippen molar-refractivity contribution in [2.24, 2.45) is 0 Å². The van der Waals surface area contributed by atoms with Gasteiger partial charge < -0.3 is 5.32 Å². The molecule has 0 spiro atoms. The maximum atomic E-state index is 12.7. The van der Waals surface area contributed by atoms with Gasteiger partial charge in [-0.15, -0.1) is 11.3 Å². The SMILES string of the molecule is Cc1ccc2cc3cc(C(=O)NC(C)CCc4ccccc4)sc3nc2c1. The van der Waals surface area contributed by atoms with Gasteiger partial charge in [-0.25, -0.2) is 4.98 Å². The summed E-state index contributed by atoms with van der Waals surface area (Å²) in [6.07, 6.45) is 1.88. The lowest BCUT2D eigenvalue weighted by molar-refractivity contribution is 0.0942. The van der Waals surface area contributed by atoms with E-state index in [9.17, 15) is 4.79 Å². The van der Waals surface area contributed by atoms with Crippen molar-refractivity contribution in [2.75, 3.05) is 0 Å². The Morgan fingerprint density at radius 2 is 1.89 bits per heavy atom. The maximum Gasteiger partial charge on any atom is 0.261 e. The van der Waals surface area contributed by atoms with Crippen LogP contribution >= 0.6 is 11.3 Å². The van der Waals surface area contributed by atoms with E-state index in [1.807, 2.05) is 24.3 Å². The van der Waals surface area contributed by atoms with Crippen LogP contribution in [0.1, 0.15) is 34.1 Å². The zero-order chi connectivity index (χ0) is 18.8. The maximum absolute atomic E-state index is 12.7. The third-order valence-electron chi connectivity index (χ3n) is 4.77. The zero-order valence-corrected chi connectivity index (χ0v) is 16.3. The normalized spacial score (nSPS) is 12.4. The molecule has 1 atom stereocenters. The number of aromatic nitrogens is 1. The number of rotatable bonds is 5. The number of amides is 1. The monoisotopic (exact) mass is 374 g/mol. The van der Waals surface area contributed by atoms with Crippen LogP contribution in [0, 0.1) is 6.92 Å². The molecule has 27 heavy (non-hydrogen) atoms. The quantitative estimate of drug-likeness (QED) is 0.500. The molecular formula is C23H22N2OS. The predicted octanol–water partition coefficient (Wildman–Crippen LogP) is 5.51. The van der Waals surface area contributed by atoms with E-state index in [0.717, 1.165) is 38.8 Å². The number of carbonyl (C=O) groups is 1. The number of nitrogens with zero attached hydrogens (tertiary/aromatic N) is 1. The fraction of sp³-hybridized carbons (Fsp3) is 0.217. The number of nitrogens with one attached hydrogen (secondary N) is 1. The summed E-state index contributed by atoms with van der Waals surface area (Å²) in [5.41, 5.74) is 3.47. The number of fused-ring (bicyclic) bond motifs is 2. The molecule has 4 rings (SSSR count). The molecule has 4 heteroatoms. The summed E-state index contributed by atoms with van der Waals surface area (Å²) in [6, 6.07) is 20.8. The first kappa shape index (κ1) is 17.7. The number of hydrogen-bond acceptors (Lipinski definition) is 3. The molecule has 0 aliphatic heterocycles. The topological polar surface area (TPSA) is 42.0 Å². The van der Waals surface area contributed by atoms with Crippen LogP contribution in [0.3, 0.4) is 0 Å². The number of benzene rings is 2. The predicted molar refractivity (Wildman–Crippen MR) is 114 cm³/mol. The minimum atomic E-state index is -0.0150. The largest absolute Gasteiger partial charge is 0.349 e. The summed E-state index contributed by atoms with van der Waals surface area (Å²) >= 11 is 1.46. The van der Waals surface area contributed by atoms with Crippen molar-refractivity contribution in [3.63, 3.8) is 0 Å². The summed E-state index contributed by atoms with van der Waals surface area (Å²) in [4.78, 5) is 19.0. The van der Waals surface area contributed by atoms with Crippen molar-refractivity contribution in [1.29, 1.82) is 0 Å². The van der Waals surface area contributed by atoms with Crippen LogP contribution in [-0.4, -0.2) is 16.9 Å². The summed E-state index contributed by atoms with van der Waals surface area (Å²) in [5, 5.41) is 5.25. The fourth-order valence-corrected chi connectivity index (χ4v) is 4.17. The summed E-state index contributed by atoms with van der Waals surface area (Å²) in [5.74, 6) is -0.0150. The number of thiophene rings is 1. The van der Waals surface area contributed by atoms with Crippen LogP contribution in [0.5, 0.6) is 0 Å². The molecule has 2 aromatic carbocycles. The Bertz CT molecular complexity index is 1100. The second-order valence-corrected chi connectivity index (χ2v) is 8.12. The van der Waals surface area contributed by atoms with Gasteiger partial charge in [0.1, 0.15) is 4.83 Å². The van der Waals surface area contributed by atoms with Gasteiger partial charge in [0.25, 0.3) is 5.91 Å². The first-order valence-electron chi connectivity index (χ1n) is 9.24. The minimum Gasteiger partial charge on any atom is -0.349 e. The molecule has 1 N–H and O–H groups in total. The number of carbonyl (C=O) groups excluding carboxylic acids is 1. The van der Waals surface area contributed by atoms with Gasteiger partial charge in [-0.1, -0.05) is 42.5 Å². The fourth-order valence-electron chi connectivity index (χ4n) is 3.24. The van der Waals surface area contributed by atoms with Crippen molar-refractivity contribution in [1.82, 2.24) is 10.3 Å². The molecule has 0 fully saturated rings. The van der Waals surface area contributed by atoms with E-state index in [-0.39, 0.29) is 11.9 Å². The third-order valence-corrected chi connectivity index (χ3v) is 5.81. The zero-order valence-electron chi connectivity index (χ0n) is 15.5. The number of hydrogen-bond donors (Lipinski definition) is 1. The van der Waals surface area contributed by atoms with Crippen LogP contribution in [-0.2, 0) is 6.42 Å². The second kappa shape index (κ2) is 7.49. The van der Waals surface area contributed by atoms with E-state index in [1.165, 1.54) is 22.5 Å². The molecule has 0 aliphatic carbocycles. The van der Waals surface area contributed by atoms with Crippen molar-refractivity contribution >= 4 is 38.4 Å². The first-order valence-corrected chi connectivity index (χ1v) is 10.1. The lowest BCUT2D eigenvalue weighted by Crippen LogP contribution is -2.32. The molecule has 4 aromatic rings. The summed E-state index contributed by atoms with van der Waals surface area (Å²) in [7, 11) is 0. The molecule has 1 unspecified atom stereocenters. The van der Waals surface area contributed by atoms with Crippen molar-refractivity contribution in [2.45, 2.75) is 32.7 Å². The molecule has 2 heterocycles. The van der Waals surface area contributed by atoms with Crippen LogP contribution in [0.25, 0.3) is 21.1 Å². The number of pyridine rings is 1. The molecule has 0 saturated carbocycles. The molecule has 3 nitrogen and oxygen atoms in total. The van der Waals surface area contributed by atoms with E-state index >= 15 is 0 Å². The Labute approximate surface area is 163 Å².